The van der Waals surface area contributed by atoms with Crippen LogP contribution in [0, 0.1) is 22.7 Å². The van der Waals surface area contributed by atoms with Gasteiger partial charge in [0, 0.05) is 19.3 Å². The van der Waals surface area contributed by atoms with E-state index in [9.17, 15) is 14.9 Å². The Hall–Kier alpha value is -3.36. The molecule has 2 amide bonds. The quantitative estimate of drug-likeness (QED) is 0.614. The predicted octanol–water partition coefficient (Wildman–Crippen LogP) is 2.10. The summed E-state index contributed by atoms with van der Waals surface area (Å²) in [5.74, 6) is -0.749. The minimum atomic E-state index is -0.749. The Morgan fingerprint density at radius 2 is 1.96 bits per heavy atom. The van der Waals surface area contributed by atoms with E-state index < -0.39 is 17.6 Å². The number of nitrogens with zero attached hydrogens (tertiary/aromatic N) is 3. The molecular formula is C18H21N5O3. The molecule has 0 atom stereocenters. The standard InChI is InChI=1S/C18H21N5O3/c1-18(2,3)26-17(25)23(9-8-19)12-14(11-21)16(24)22-15-7-5-4-6-13(15)10-20/h4-7,12H,8-9,19H2,1-3H3,(H,22,24)/b14-12-. The van der Waals surface area contributed by atoms with Gasteiger partial charge >= 0.3 is 6.09 Å². The molecule has 0 unspecified atom stereocenters. The van der Waals surface area contributed by atoms with Gasteiger partial charge in [-0.2, -0.15) is 10.5 Å². The number of ether oxygens (including phenoxy) is 1. The number of para-hydroxylation sites is 1. The number of carbonyl (C=O) groups is 2. The smallest absolute Gasteiger partial charge is 0.414 e. The Bertz CT molecular complexity index is 781. The molecule has 0 fully saturated rings. The lowest BCUT2D eigenvalue weighted by Gasteiger charge is -2.25. The largest absolute Gasteiger partial charge is 0.443 e. The van der Waals surface area contributed by atoms with Gasteiger partial charge in [-0.15, -0.1) is 0 Å². The maximum Gasteiger partial charge on any atom is 0.414 e. The lowest BCUT2D eigenvalue weighted by Crippen LogP contribution is -2.37. The zero-order valence-corrected chi connectivity index (χ0v) is 14.9. The lowest BCUT2D eigenvalue weighted by atomic mass is 10.2. The van der Waals surface area contributed by atoms with E-state index in [0.717, 1.165) is 11.1 Å². The minimum absolute atomic E-state index is 0.0716. The number of nitrogens with one attached hydrogen (secondary N) is 1. The van der Waals surface area contributed by atoms with Gasteiger partial charge in [-0.3, -0.25) is 9.69 Å². The third kappa shape index (κ3) is 6.27. The van der Waals surface area contributed by atoms with Crippen LogP contribution in [0.3, 0.4) is 0 Å². The summed E-state index contributed by atoms with van der Waals surface area (Å²) in [5, 5.41) is 20.8. The molecule has 0 saturated heterocycles. The highest BCUT2D eigenvalue weighted by atomic mass is 16.6. The molecule has 0 bridgehead atoms. The van der Waals surface area contributed by atoms with E-state index in [1.807, 2.05) is 6.07 Å². The number of nitrogens with two attached hydrogens (primary N) is 1. The van der Waals surface area contributed by atoms with E-state index >= 15 is 0 Å². The molecule has 8 heteroatoms. The number of rotatable bonds is 5. The van der Waals surface area contributed by atoms with E-state index in [4.69, 9.17) is 15.7 Å². The van der Waals surface area contributed by atoms with Crippen molar-refractivity contribution in [3.8, 4) is 12.1 Å². The fourth-order valence-corrected chi connectivity index (χ4v) is 1.84. The van der Waals surface area contributed by atoms with Gasteiger partial charge in [0.05, 0.1) is 11.3 Å². The first-order valence-electron chi connectivity index (χ1n) is 7.84. The second-order valence-electron chi connectivity index (χ2n) is 6.23. The van der Waals surface area contributed by atoms with Gasteiger partial charge in [0.25, 0.3) is 5.91 Å². The first-order valence-corrected chi connectivity index (χ1v) is 7.84. The number of anilines is 1. The highest BCUT2D eigenvalue weighted by molar-refractivity contribution is 6.07. The average molecular weight is 355 g/mol. The lowest BCUT2D eigenvalue weighted by molar-refractivity contribution is -0.112. The topological polar surface area (TPSA) is 132 Å². The highest BCUT2D eigenvalue weighted by Gasteiger charge is 2.22. The van der Waals surface area contributed by atoms with Crippen LogP contribution in [0.15, 0.2) is 36.0 Å². The molecule has 0 aliphatic rings. The molecule has 1 aromatic rings. The summed E-state index contributed by atoms with van der Waals surface area (Å²) in [6.07, 6.45) is 0.367. The van der Waals surface area contributed by atoms with Gasteiger partial charge in [-0.25, -0.2) is 4.79 Å². The van der Waals surface area contributed by atoms with Crippen molar-refractivity contribution in [2.75, 3.05) is 18.4 Å². The van der Waals surface area contributed by atoms with E-state index in [1.54, 1.807) is 39.0 Å². The van der Waals surface area contributed by atoms with Gasteiger partial charge in [0.2, 0.25) is 0 Å². The molecule has 0 heterocycles. The molecule has 0 spiro atoms. The maximum atomic E-state index is 12.3. The first-order chi connectivity index (χ1) is 12.2. The van der Waals surface area contributed by atoms with Crippen LogP contribution in [0.25, 0.3) is 0 Å². The molecule has 26 heavy (non-hydrogen) atoms. The van der Waals surface area contributed by atoms with Crippen molar-refractivity contribution in [1.29, 1.82) is 10.5 Å². The summed E-state index contributed by atoms with van der Waals surface area (Å²) < 4.78 is 5.24. The molecule has 1 rings (SSSR count). The Morgan fingerprint density at radius 3 is 2.50 bits per heavy atom. The second kappa shape index (κ2) is 9.21. The van der Waals surface area contributed by atoms with Crippen molar-refractivity contribution in [1.82, 2.24) is 4.90 Å². The Labute approximate surface area is 152 Å². The molecule has 8 nitrogen and oxygen atoms in total. The first kappa shape index (κ1) is 20.7. The molecule has 0 aromatic heterocycles. The van der Waals surface area contributed by atoms with Crippen molar-refractivity contribution in [2.24, 2.45) is 5.73 Å². The number of amides is 2. The van der Waals surface area contributed by atoms with Crippen molar-refractivity contribution in [3.05, 3.63) is 41.6 Å². The zero-order valence-electron chi connectivity index (χ0n) is 14.9. The van der Waals surface area contributed by atoms with Crippen molar-refractivity contribution >= 4 is 17.7 Å². The average Bonchev–Trinajstić information content (AvgIpc) is 2.57. The van der Waals surface area contributed by atoms with Crippen LogP contribution in [0.4, 0.5) is 10.5 Å². The highest BCUT2D eigenvalue weighted by Crippen LogP contribution is 2.15. The Kier molecular flexibility index (Phi) is 7.33. The fraction of sp³-hybridized carbons (Fsp3) is 0.333. The van der Waals surface area contributed by atoms with E-state index in [0.29, 0.717) is 0 Å². The molecule has 3 N–H and O–H groups in total. The molecule has 136 valence electrons. The van der Waals surface area contributed by atoms with Gasteiger partial charge in [-0.1, -0.05) is 12.1 Å². The maximum absolute atomic E-state index is 12.3. The summed E-state index contributed by atoms with van der Waals surface area (Å²) in [6.45, 7) is 5.29. The fourth-order valence-electron chi connectivity index (χ4n) is 1.84. The molecule has 1 aromatic carbocycles. The number of carbonyl (C=O) groups excluding carboxylic acids is 2. The summed E-state index contributed by atoms with van der Waals surface area (Å²) in [4.78, 5) is 25.6. The van der Waals surface area contributed by atoms with Gasteiger partial charge in [-0.05, 0) is 32.9 Å². The summed E-state index contributed by atoms with van der Waals surface area (Å²) in [7, 11) is 0. The van der Waals surface area contributed by atoms with Gasteiger partial charge < -0.3 is 15.8 Å². The van der Waals surface area contributed by atoms with Crippen LogP contribution in [0.2, 0.25) is 0 Å². The van der Waals surface area contributed by atoms with Crippen LogP contribution in [-0.2, 0) is 9.53 Å². The van der Waals surface area contributed by atoms with Crippen LogP contribution in [-0.4, -0.2) is 35.6 Å². The van der Waals surface area contributed by atoms with Gasteiger partial charge in [0.1, 0.15) is 23.3 Å². The van der Waals surface area contributed by atoms with E-state index in [-0.39, 0.29) is 29.9 Å². The monoisotopic (exact) mass is 355 g/mol. The SMILES string of the molecule is CC(C)(C)OC(=O)N(/C=C(/C#N)C(=O)Nc1ccccc1C#N)CCN. The van der Waals surface area contributed by atoms with Crippen LogP contribution in [0.1, 0.15) is 26.3 Å². The summed E-state index contributed by atoms with van der Waals surface area (Å²) in [5.41, 5.74) is 4.95. The summed E-state index contributed by atoms with van der Waals surface area (Å²) in [6, 6.07) is 10.1. The Balaban J connectivity index is 3.05. The van der Waals surface area contributed by atoms with Crippen LogP contribution in [0.5, 0.6) is 0 Å². The molecule has 0 aliphatic carbocycles. The van der Waals surface area contributed by atoms with Crippen LogP contribution < -0.4 is 11.1 Å². The number of hydrogen-bond donors (Lipinski definition) is 2. The third-order valence-electron chi connectivity index (χ3n) is 2.94. The van der Waals surface area contributed by atoms with Crippen molar-refractivity contribution < 1.29 is 14.3 Å². The van der Waals surface area contributed by atoms with Gasteiger partial charge in [0.15, 0.2) is 0 Å². The molecule has 0 saturated carbocycles. The third-order valence-corrected chi connectivity index (χ3v) is 2.94. The molecular weight excluding hydrogens is 334 g/mol. The number of benzene rings is 1. The van der Waals surface area contributed by atoms with Crippen molar-refractivity contribution in [3.63, 3.8) is 0 Å². The second-order valence-corrected chi connectivity index (χ2v) is 6.23. The predicted molar refractivity (Wildman–Crippen MR) is 95.5 cm³/mol. The number of hydrogen-bond acceptors (Lipinski definition) is 6. The molecule has 0 radical (unpaired) electrons. The summed E-state index contributed by atoms with van der Waals surface area (Å²) >= 11 is 0. The normalized spacial score (nSPS) is 11.1. The van der Waals surface area contributed by atoms with E-state index in [1.165, 1.54) is 12.1 Å². The minimum Gasteiger partial charge on any atom is -0.443 e. The van der Waals surface area contributed by atoms with Crippen molar-refractivity contribution in [2.45, 2.75) is 26.4 Å². The number of nitriles is 2. The van der Waals surface area contributed by atoms with E-state index in [2.05, 4.69) is 5.32 Å². The van der Waals surface area contributed by atoms with Crippen LogP contribution >= 0.6 is 0 Å². The zero-order chi connectivity index (χ0) is 19.7. The molecule has 0 aliphatic heterocycles. The Morgan fingerprint density at radius 1 is 1.31 bits per heavy atom.